The monoisotopic (exact) mass is 613 g/mol. The molecule has 1 aromatic heterocycles. The van der Waals surface area contributed by atoms with Crippen LogP contribution in [0.4, 0.5) is 8.78 Å². The lowest BCUT2D eigenvalue weighted by Crippen LogP contribution is -2.41. The summed E-state index contributed by atoms with van der Waals surface area (Å²) >= 11 is 0. The first-order valence-electron chi connectivity index (χ1n) is 15.4. The van der Waals surface area contributed by atoms with E-state index in [2.05, 4.69) is 16.4 Å². The van der Waals surface area contributed by atoms with Gasteiger partial charge in [-0.05, 0) is 98.2 Å². The summed E-state index contributed by atoms with van der Waals surface area (Å²) in [5.41, 5.74) is 5.18. The third-order valence-electron chi connectivity index (χ3n) is 7.58. The molecule has 3 aromatic carbocycles. The molecule has 0 saturated carbocycles. The van der Waals surface area contributed by atoms with Crippen LogP contribution in [0.3, 0.4) is 0 Å². The molecule has 1 unspecified atom stereocenters. The van der Waals surface area contributed by atoms with E-state index in [0.29, 0.717) is 30.8 Å². The smallest absolute Gasteiger partial charge is 0.253 e. The van der Waals surface area contributed by atoms with Crippen LogP contribution in [-0.2, 0) is 12.8 Å². The molecular formula is C37H41F2N3O3. The first kappa shape index (κ1) is 33.5. The average molecular weight is 614 g/mol. The number of nitrogens with one attached hydrogen (secondary N) is 1. The van der Waals surface area contributed by atoms with E-state index in [0.717, 1.165) is 41.2 Å². The Morgan fingerprint density at radius 2 is 1.51 bits per heavy atom. The topological polar surface area (TPSA) is 82.5 Å². The van der Waals surface area contributed by atoms with Crippen LogP contribution in [0, 0.1) is 25.5 Å². The second-order valence-corrected chi connectivity index (χ2v) is 11.6. The largest absolute Gasteiger partial charge is 0.385 e. The van der Waals surface area contributed by atoms with Gasteiger partial charge in [0.1, 0.15) is 17.7 Å². The molecule has 0 aliphatic carbocycles. The van der Waals surface area contributed by atoms with Crippen LogP contribution in [0.2, 0.25) is 0 Å². The number of amides is 2. The van der Waals surface area contributed by atoms with Gasteiger partial charge in [-0.1, -0.05) is 49.7 Å². The first-order chi connectivity index (χ1) is 21.6. The highest BCUT2D eigenvalue weighted by atomic mass is 19.1. The second kappa shape index (κ2) is 15.5. The van der Waals surface area contributed by atoms with Gasteiger partial charge in [-0.15, -0.1) is 0 Å². The van der Waals surface area contributed by atoms with Crippen molar-refractivity contribution in [1.29, 1.82) is 0 Å². The fourth-order valence-electron chi connectivity index (χ4n) is 5.53. The molecule has 0 aliphatic heterocycles. The van der Waals surface area contributed by atoms with Gasteiger partial charge in [0.25, 0.3) is 11.8 Å². The second-order valence-electron chi connectivity index (χ2n) is 11.6. The van der Waals surface area contributed by atoms with Gasteiger partial charge in [-0.3, -0.25) is 14.6 Å². The highest BCUT2D eigenvalue weighted by Crippen LogP contribution is 2.22. The van der Waals surface area contributed by atoms with Crippen molar-refractivity contribution in [2.45, 2.75) is 65.5 Å². The number of nitrogens with zero attached hydrogens (tertiary/aromatic N) is 2. The molecule has 45 heavy (non-hydrogen) atoms. The number of aliphatic hydroxyl groups is 1. The molecule has 0 spiro atoms. The van der Waals surface area contributed by atoms with Gasteiger partial charge in [-0.25, -0.2) is 8.78 Å². The fraction of sp³-hybridized carbons (Fsp3) is 0.324. The van der Waals surface area contributed by atoms with Crippen molar-refractivity contribution < 1.29 is 23.5 Å². The van der Waals surface area contributed by atoms with E-state index in [1.54, 1.807) is 35.4 Å². The number of rotatable bonds is 13. The zero-order valence-corrected chi connectivity index (χ0v) is 26.3. The van der Waals surface area contributed by atoms with Crippen LogP contribution < -0.4 is 5.32 Å². The van der Waals surface area contributed by atoms with Crippen molar-refractivity contribution >= 4 is 11.8 Å². The number of carbonyl (C=O) groups is 2. The Labute approximate surface area is 264 Å². The summed E-state index contributed by atoms with van der Waals surface area (Å²) in [7, 11) is 0. The number of hydrogen-bond acceptors (Lipinski definition) is 4. The molecule has 0 aliphatic rings. The summed E-state index contributed by atoms with van der Waals surface area (Å²) < 4.78 is 28.2. The highest BCUT2D eigenvalue weighted by Gasteiger charge is 2.26. The third-order valence-corrected chi connectivity index (χ3v) is 7.58. The van der Waals surface area contributed by atoms with Crippen LogP contribution in [0.25, 0.3) is 0 Å². The lowest BCUT2D eigenvalue weighted by atomic mass is 9.97. The molecule has 2 amide bonds. The fourth-order valence-corrected chi connectivity index (χ4v) is 5.53. The van der Waals surface area contributed by atoms with Gasteiger partial charge in [-0.2, -0.15) is 0 Å². The lowest BCUT2D eigenvalue weighted by molar-refractivity contribution is 0.0755. The van der Waals surface area contributed by atoms with E-state index in [1.807, 2.05) is 52.0 Å². The minimum absolute atomic E-state index is 0.0628. The van der Waals surface area contributed by atoms with Gasteiger partial charge in [0.05, 0.1) is 11.7 Å². The van der Waals surface area contributed by atoms with Crippen molar-refractivity contribution in [3.63, 3.8) is 0 Å². The van der Waals surface area contributed by atoms with E-state index in [9.17, 15) is 23.5 Å². The minimum Gasteiger partial charge on any atom is -0.385 e. The zero-order valence-electron chi connectivity index (χ0n) is 26.3. The van der Waals surface area contributed by atoms with E-state index in [1.165, 1.54) is 12.1 Å². The molecule has 8 heteroatoms. The summed E-state index contributed by atoms with van der Waals surface area (Å²) in [5.74, 6) is -2.19. The van der Waals surface area contributed by atoms with Crippen molar-refractivity contribution in [3.05, 3.63) is 135 Å². The molecule has 0 bridgehead atoms. The number of aliphatic hydroxyl groups excluding tert-OH is 1. The number of hydrogen-bond donors (Lipinski definition) is 2. The highest BCUT2D eigenvalue weighted by molar-refractivity contribution is 6.00. The normalized spacial score (nSPS) is 12.4. The van der Waals surface area contributed by atoms with Gasteiger partial charge in [0.15, 0.2) is 0 Å². The van der Waals surface area contributed by atoms with E-state index >= 15 is 0 Å². The SMILES string of the molecule is CCCN(CCC)C(=O)c1cc(C)cc(C(=O)N[C@@H](Cc2cc(F)cc(F)c2)C(O)c2ccc(Cc3cccc(C)c3)cn2)c1. The maximum atomic E-state index is 14.1. The Hall–Kier alpha value is -4.43. The predicted molar refractivity (Wildman–Crippen MR) is 172 cm³/mol. The Morgan fingerprint density at radius 1 is 0.822 bits per heavy atom. The van der Waals surface area contributed by atoms with Crippen LogP contribution >= 0.6 is 0 Å². The lowest BCUT2D eigenvalue weighted by Gasteiger charge is -2.25. The Balaban J connectivity index is 1.60. The molecule has 0 fully saturated rings. The Kier molecular flexibility index (Phi) is 11.5. The molecule has 1 heterocycles. The van der Waals surface area contributed by atoms with Crippen molar-refractivity contribution in [3.8, 4) is 0 Å². The Morgan fingerprint density at radius 3 is 2.13 bits per heavy atom. The first-order valence-corrected chi connectivity index (χ1v) is 15.4. The quantitative estimate of drug-likeness (QED) is 0.172. The van der Waals surface area contributed by atoms with Gasteiger partial charge < -0.3 is 15.3 Å². The molecule has 0 saturated heterocycles. The van der Waals surface area contributed by atoms with Crippen molar-refractivity contribution in [2.24, 2.45) is 0 Å². The maximum Gasteiger partial charge on any atom is 0.253 e. The number of carbonyl (C=O) groups excluding carboxylic acids is 2. The van der Waals surface area contributed by atoms with Crippen LogP contribution in [0.15, 0.2) is 79.0 Å². The van der Waals surface area contributed by atoms with Gasteiger partial charge in [0.2, 0.25) is 0 Å². The van der Waals surface area contributed by atoms with Crippen LogP contribution in [0.5, 0.6) is 0 Å². The van der Waals surface area contributed by atoms with Crippen LogP contribution in [0.1, 0.15) is 87.0 Å². The summed E-state index contributed by atoms with van der Waals surface area (Å²) in [4.78, 5) is 33.2. The predicted octanol–water partition coefficient (Wildman–Crippen LogP) is 6.90. The minimum atomic E-state index is -1.29. The molecule has 236 valence electrons. The Bertz CT molecular complexity index is 1600. The van der Waals surface area contributed by atoms with E-state index in [-0.39, 0.29) is 23.5 Å². The number of aromatic nitrogens is 1. The van der Waals surface area contributed by atoms with E-state index in [4.69, 9.17) is 0 Å². The van der Waals surface area contributed by atoms with Gasteiger partial charge in [0, 0.05) is 36.5 Å². The van der Waals surface area contributed by atoms with Crippen molar-refractivity contribution in [2.75, 3.05) is 13.1 Å². The molecule has 6 nitrogen and oxygen atoms in total. The molecule has 4 aromatic rings. The van der Waals surface area contributed by atoms with Crippen LogP contribution in [-0.4, -0.2) is 45.9 Å². The number of aryl methyl sites for hydroxylation is 2. The summed E-state index contributed by atoms with van der Waals surface area (Å²) in [6, 6.07) is 18.8. The van der Waals surface area contributed by atoms with E-state index < -0.39 is 29.7 Å². The molecular weight excluding hydrogens is 572 g/mol. The summed E-state index contributed by atoms with van der Waals surface area (Å²) in [5, 5.41) is 14.3. The number of pyridine rings is 1. The van der Waals surface area contributed by atoms with Gasteiger partial charge >= 0.3 is 0 Å². The summed E-state index contributed by atoms with van der Waals surface area (Å²) in [6.45, 7) is 9.07. The molecule has 2 atom stereocenters. The molecule has 4 rings (SSSR count). The zero-order chi connectivity index (χ0) is 32.5. The number of halogens is 2. The third kappa shape index (κ3) is 9.28. The standard InChI is InChI=1S/C37H41F2N3O3/c1-5-12-42(13-6-2)37(45)30-16-25(4)15-29(21-30)36(44)41-34(20-28-18-31(38)22-32(39)19-28)35(43)33-11-10-27(23-40-33)17-26-9-7-8-24(3)14-26/h7-11,14-16,18-19,21-23,34-35,43H,5-6,12-13,17,20H2,1-4H3,(H,41,44)/t34-,35?/m0/s1. The number of benzene rings is 3. The van der Waals surface area contributed by atoms with Crippen molar-refractivity contribution in [1.82, 2.24) is 15.2 Å². The molecule has 2 N–H and O–H groups in total. The summed E-state index contributed by atoms with van der Waals surface area (Å²) in [6.07, 6.45) is 2.61. The maximum absolute atomic E-state index is 14.1. The average Bonchev–Trinajstić information content (AvgIpc) is 2.99. The molecule has 0 radical (unpaired) electrons.